The highest BCUT2D eigenvalue weighted by Gasteiger charge is 2.50. The third-order valence-electron chi connectivity index (χ3n) is 5.46. The maximum absolute atomic E-state index is 15.1. The van der Waals surface area contributed by atoms with Crippen molar-refractivity contribution in [1.82, 2.24) is 5.32 Å². The molecule has 0 saturated carbocycles. The van der Waals surface area contributed by atoms with Gasteiger partial charge in [0.2, 0.25) is 0 Å². The molecule has 0 unspecified atom stereocenters. The van der Waals surface area contributed by atoms with Gasteiger partial charge < -0.3 is 15.8 Å². The first kappa shape index (κ1) is 23.4. The van der Waals surface area contributed by atoms with Gasteiger partial charge >= 0.3 is 6.09 Å². The molecule has 166 valence electrons. The number of nitrogens with two attached hydrogens (primary N) is 1. The second-order valence-corrected chi connectivity index (χ2v) is 7.92. The molecule has 2 aromatic rings. The van der Waals surface area contributed by atoms with Crippen molar-refractivity contribution in [2.24, 2.45) is 5.73 Å². The summed E-state index contributed by atoms with van der Waals surface area (Å²) in [4.78, 5) is 26.7. The lowest BCUT2D eigenvalue weighted by molar-refractivity contribution is -0.120. The number of amides is 2. The molecule has 1 saturated heterocycles. The van der Waals surface area contributed by atoms with E-state index in [4.69, 9.17) is 22.1 Å². The summed E-state index contributed by atoms with van der Waals surface area (Å²) in [5.74, 6) is -1.97. The number of fused-ring (bicyclic) bond motifs is 2. The molecule has 1 fully saturated rings. The third-order valence-corrected chi connectivity index (χ3v) is 5.75. The molecular formula is C21H21Cl2F2N3O3. The molecule has 4 rings (SSSR count). The fourth-order valence-corrected chi connectivity index (χ4v) is 4.24. The molecular weight excluding hydrogens is 451 g/mol. The van der Waals surface area contributed by atoms with Crippen LogP contribution in [-0.2, 0) is 21.6 Å². The summed E-state index contributed by atoms with van der Waals surface area (Å²) in [5.41, 5.74) is 5.41. The fraction of sp³-hybridized carbons (Fsp3) is 0.333. The molecule has 0 aliphatic carbocycles. The molecule has 0 bridgehead atoms. The maximum atomic E-state index is 15.1. The first-order valence-corrected chi connectivity index (χ1v) is 9.96. The molecule has 2 heterocycles. The quantitative estimate of drug-likeness (QED) is 0.713. The monoisotopic (exact) mass is 471 g/mol. The van der Waals surface area contributed by atoms with Crippen LogP contribution in [0.5, 0.6) is 0 Å². The molecule has 2 atom stereocenters. The van der Waals surface area contributed by atoms with Crippen LogP contribution in [0.25, 0.3) is 0 Å². The minimum Gasteiger partial charge on any atom is -0.436 e. The van der Waals surface area contributed by atoms with Crippen molar-refractivity contribution in [2.45, 2.75) is 30.9 Å². The van der Waals surface area contributed by atoms with Gasteiger partial charge in [-0.05, 0) is 55.6 Å². The maximum Gasteiger partial charge on any atom is 0.422 e. The number of imide groups is 1. The van der Waals surface area contributed by atoms with E-state index in [1.807, 2.05) is 0 Å². The Bertz CT molecular complexity index is 1020. The number of halogens is 4. The predicted octanol–water partition coefficient (Wildman–Crippen LogP) is 3.67. The van der Waals surface area contributed by atoms with E-state index in [1.54, 1.807) is 6.07 Å². The van der Waals surface area contributed by atoms with Gasteiger partial charge in [-0.15, -0.1) is 12.4 Å². The number of nitrogens with zero attached hydrogens (tertiary/aromatic N) is 1. The van der Waals surface area contributed by atoms with Crippen molar-refractivity contribution in [1.29, 1.82) is 0 Å². The lowest BCUT2D eigenvalue weighted by atomic mass is 9.83. The molecule has 31 heavy (non-hydrogen) atoms. The lowest BCUT2D eigenvalue weighted by Gasteiger charge is -2.44. The van der Waals surface area contributed by atoms with Crippen molar-refractivity contribution in [3.8, 4) is 0 Å². The summed E-state index contributed by atoms with van der Waals surface area (Å²) in [7, 11) is 0. The topological polar surface area (TPSA) is 84.7 Å². The molecule has 1 spiro atoms. The van der Waals surface area contributed by atoms with Crippen molar-refractivity contribution in [3.63, 3.8) is 0 Å². The van der Waals surface area contributed by atoms with Gasteiger partial charge in [0.05, 0.1) is 22.3 Å². The first-order chi connectivity index (χ1) is 14.3. The molecule has 6 nitrogen and oxygen atoms in total. The van der Waals surface area contributed by atoms with Crippen LogP contribution in [0.15, 0.2) is 36.4 Å². The summed E-state index contributed by atoms with van der Waals surface area (Å²) in [5, 5.41) is 2.98. The van der Waals surface area contributed by atoms with Gasteiger partial charge in [-0.2, -0.15) is 0 Å². The van der Waals surface area contributed by atoms with E-state index >= 15 is 4.39 Å². The van der Waals surface area contributed by atoms with Gasteiger partial charge in [-0.3, -0.25) is 4.79 Å². The predicted molar refractivity (Wildman–Crippen MR) is 114 cm³/mol. The largest absolute Gasteiger partial charge is 0.436 e. The lowest BCUT2D eigenvalue weighted by Crippen LogP contribution is -2.57. The Hall–Kier alpha value is -2.26. The second kappa shape index (κ2) is 9.08. The molecule has 10 heteroatoms. The number of nitrogens with one attached hydrogen (secondary N) is 1. The molecule has 3 N–H and O–H groups in total. The van der Waals surface area contributed by atoms with Crippen LogP contribution in [0.2, 0.25) is 5.02 Å². The van der Waals surface area contributed by atoms with Crippen LogP contribution in [0.3, 0.4) is 0 Å². The summed E-state index contributed by atoms with van der Waals surface area (Å²) in [6.07, 6.45) is 0.130. The zero-order valence-electron chi connectivity index (χ0n) is 16.4. The smallest absolute Gasteiger partial charge is 0.422 e. The molecule has 2 amide bonds. The van der Waals surface area contributed by atoms with Gasteiger partial charge in [-0.1, -0.05) is 23.7 Å². The highest BCUT2D eigenvalue weighted by Crippen LogP contribution is 2.46. The molecule has 0 aromatic heterocycles. The summed E-state index contributed by atoms with van der Waals surface area (Å²) in [6, 6.07) is 7.21. The molecule has 2 aliphatic heterocycles. The number of carbonyl (C=O) groups excluding carboxylic acids is 2. The number of benzene rings is 2. The number of anilines is 1. The van der Waals surface area contributed by atoms with Gasteiger partial charge in [0, 0.05) is 6.54 Å². The Morgan fingerprint density at radius 1 is 1.32 bits per heavy atom. The van der Waals surface area contributed by atoms with E-state index in [-0.39, 0.29) is 41.6 Å². The Labute approximate surface area is 189 Å². The summed E-state index contributed by atoms with van der Waals surface area (Å²) < 4.78 is 34.2. The van der Waals surface area contributed by atoms with Crippen molar-refractivity contribution < 1.29 is 23.1 Å². The normalized spacial score (nSPS) is 21.2. The van der Waals surface area contributed by atoms with Crippen LogP contribution in [0.4, 0.5) is 19.3 Å². The van der Waals surface area contributed by atoms with Gasteiger partial charge in [0.1, 0.15) is 5.82 Å². The van der Waals surface area contributed by atoms with E-state index in [0.717, 1.165) is 4.90 Å². The number of hydrogen-bond acceptors (Lipinski definition) is 5. The highest BCUT2D eigenvalue weighted by atomic mass is 35.5. The Kier molecular flexibility index (Phi) is 6.85. The van der Waals surface area contributed by atoms with Crippen molar-refractivity contribution >= 4 is 41.7 Å². The fourth-order valence-electron chi connectivity index (χ4n) is 4.08. The summed E-state index contributed by atoms with van der Waals surface area (Å²) in [6.45, 7) is 0.915. The van der Waals surface area contributed by atoms with E-state index in [9.17, 15) is 14.0 Å². The zero-order valence-corrected chi connectivity index (χ0v) is 17.9. The van der Waals surface area contributed by atoms with Gasteiger partial charge in [0.25, 0.3) is 5.91 Å². The highest BCUT2D eigenvalue weighted by molar-refractivity contribution is 6.31. The van der Waals surface area contributed by atoms with Crippen LogP contribution in [-0.4, -0.2) is 31.1 Å². The van der Waals surface area contributed by atoms with Crippen LogP contribution >= 0.6 is 24.0 Å². The van der Waals surface area contributed by atoms with Gasteiger partial charge in [0.15, 0.2) is 11.4 Å². The Morgan fingerprint density at radius 2 is 2.10 bits per heavy atom. The number of piperidine rings is 1. The van der Waals surface area contributed by atoms with E-state index in [2.05, 4.69) is 5.32 Å². The standard InChI is InChI=1S/C21H20ClF2N3O3.ClH/c22-14-5-6-16-17(18(14)24)21(7-2-8-26-11-21)30-20(29)27(16)19(28)15(25)10-12-3-1-4-13(23)9-12;/h1,3-6,9,15,26H,2,7-8,10-11,25H2;1H/t15-,21-;/m0./s1. The van der Waals surface area contributed by atoms with Crippen LogP contribution in [0.1, 0.15) is 24.0 Å². The zero-order chi connectivity index (χ0) is 21.5. The molecule has 0 radical (unpaired) electrons. The van der Waals surface area contributed by atoms with Crippen LogP contribution in [0, 0.1) is 11.6 Å². The minimum atomic E-state index is -1.25. The SMILES string of the molecule is Cl.N[C@@H](Cc1cccc(F)c1)C(=O)N1C(=O)O[C@]2(CCCNC2)c2c1ccc(Cl)c2F. The second-order valence-electron chi connectivity index (χ2n) is 7.51. The summed E-state index contributed by atoms with van der Waals surface area (Å²) >= 11 is 6.00. The Balaban J connectivity index is 0.00000272. The van der Waals surface area contributed by atoms with Crippen LogP contribution < -0.4 is 16.0 Å². The molecule has 2 aliphatic rings. The van der Waals surface area contributed by atoms with Crippen molar-refractivity contribution in [3.05, 3.63) is 64.2 Å². The van der Waals surface area contributed by atoms with Gasteiger partial charge in [-0.25, -0.2) is 18.5 Å². The average Bonchev–Trinajstić information content (AvgIpc) is 2.71. The Morgan fingerprint density at radius 3 is 2.77 bits per heavy atom. The number of rotatable bonds is 3. The number of carbonyl (C=O) groups is 2. The molecule has 2 aromatic carbocycles. The minimum absolute atomic E-state index is 0. The number of hydrogen-bond donors (Lipinski definition) is 2. The van der Waals surface area contributed by atoms with Crippen molar-refractivity contribution in [2.75, 3.05) is 18.0 Å². The first-order valence-electron chi connectivity index (χ1n) is 9.58. The third kappa shape index (κ3) is 4.25. The van der Waals surface area contributed by atoms with E-state index in [0.29, 0.717) is 24.9 Å². The van der Waals surface area contributed by atoms with E-state index in [1.165, 1.54) is 30.3 Å². The van der Waals surface area contributed by atoms with E-state index < -0.39 is 35.3 Å². The number of ether oxygens (including phenoxy) is 1. The average molecular weight is 472 g/mol.